The molecule has 0 fully saturated rings. The van der Waals surface area contributed by atoms with Crippen molar-refractivity contribution in [1.82, 2.24) is 20.0 Å². The van der Waals surface area contributed by atoms with Gasteiger partial charge in [0.2, 0.25) is 11.7 Å². The van der Waals surface area contributed by atoms with Crippen LogP contribution in [0, 0.1) is 11.3 Å². The molecule has 0 saturated carbocycles. The van der Waals surface area contributed by atoms with Crippen LogP contribution in [0.2, 0.25) is 0 Å². The molecule has 0 aliphatic carbocycles. The number of nitriles is 1. The number of benzene rings is 1. The number of fused-ring (bicyclic) bond motifs is 1. The molecule has 0 unspecified atom stereocenters. The van der Waals surface area contributed by atoms with E-state index < -0.39 is 0 Å². The Morgan fingerprint density at radius 1 is 1.18 bits per heavy atom. The highest BCUT2D eigenvalue weighted by Gasteiger charge is 2.23. The van der Waals surface area contributed by atoms with Gasteiger partial charge >= 0.3 is 0 Å². The summed E-state index contributed by atoms with van der Waals surface area (Å²) in [6, 6.07) is 9.48. The molecule has 1 aromatic carbocycles. The Labute approximate surface area is 198 Å². The lowest BCUT2D eigenvalue weighted by Gasteiger charge is -2.33. The minimum atomic E-state index is -0.244. The first kappa shape index (κ1) is 24.6. The van der Waals surface area contributed by atoms with Crippen molar-refractivity contribution in [2.24, 2.45) is 0 Å². The summed E-state index contributed by atoms with van der Waals surface area (Å²) in [6.07, 6.45) is 2.26. The molecule has 3 aromatic rings. The maximum Gasteiger partial charge on any atom is 0.259 e. The number of halogens is 1. The van der Waals surface area contributed by atoms with Gasteiger partial charge in [-0.05, 0) is 43.5 Å². The highest BCUT2D eigenvalue weighted by Crippen LogP contribution is 2.28. The molecule has 0 radical (unpaired) electrons. The number of aliphatic hydroxyl groups is 2. The lowest BCUT2D eigenvalue weighted by atomic mass is 9.96. The zero-order valence-corrected chi connectivity index (χ0v) is 19.2. The Balaban J connectivity index is 0.00000306. The van der Waals surface area contributed by atoms with Crippen molar-refractivity contribution in [2.45, 2.75) is 39.0 Å². The van der Waals surface area contributed by atoms with Crippen molar-refractivity contribution < 1.29 is 19.5 Å². The molecule has 33 heavy (non-hydrogen) atoms. The van der Waals surface area contributed by atoms with Crippen LogP contribution in [0.15, 0.2) is 35.0 Å². The third-order valence-electron chi connectivity index (χ3n) is 5.44. The van der Waals surface area contributed by atoms with Crippen molar-refractivity contribution >= 4 is 12.4 Å². The summed E-state index contributed by atoms with van der Waals surface area (Å²) >= 11 is 0. The first-order valence-electron chi connectivity index (χ1n) is 10.5. The normalized spacial score (nSPS) is 13.5. The second kappa shape index (κ2) is 10.7. The highest BCUT2D eigenvalue weighted by molar-refractivity contribution is 5.85. The predicted molar refractivity (Wildman–Crippen MR) is 123 cm³/mol. The molecule has 0 bridgehead atoms. The summed E-state index contributed by atoms with van der Waals surface area (Å²) in [6.45, 7) is 5.04. The van der Waals surface area contributed by atoms with Crippen molar-refractivity contribution in [3.05, 3.63) is 47.2 Å². The third kappa shape index (κ3) is 5.31. The van der Waals surface area contributed by atoms with Gasteiger partial charge in [0, 0.05) is 24.8 Å². The maximum atomic E-state index is 9.44. The van der Waals surface area contributed by atoms with Crippen LogP contribution >= 0.6 is 12.4 Å². The average Bonchev–Trinajstić information content (AvgIpc) is 3.30. The van der Waals surface area contributed by atoms with Gasteiger partial charge in [-0.25, -0.2) is 4.98 Å². The number of rotatable bonds is 7. The Kier molecular flexibility index (Phi) is 8.00. The molecule has 0 amide bonds. The minimum Gasteiger partial charge on any atom is -0.474 e. The molecule has 174 valence electrons. The first-order valence-corrected chi connectivity index (χ1v) is 10.5. The SMILES string of the molecule is CC(C)Oc1ncc(-c2nc(-c3ccc4c(c3)CCN(C(CO)CO)C4)no2)cc1C#N.Cl. The van der Waals surface area contributed by atoms with Crippen LogP contribution in [-0.2, 0) is 13.0 Å². The van der Waals surface area contributed by atoms with Gasteiger partial charge in [0.1, 0.15) is 11.6 Å². The molecule has 3 heterocycles. The van der Waals surface area contributed by atoms with E-state index in [0.717, 1.165) is 24.1 Å². The molecule has 9 nitrogen and oxygen atoms in total. The van der Waals surface area contributed by atoms with Crippen molar-refractivity contribution in [3.63, 3.8) is 0 Å². The zero-order valence-electron chi connectivity index (χ0n) is 18.4. The summed E-state index contributed by atoms with van der Waals surface area (Å²) in [7, 11) is 0. The Hall–Kier alpha value is -3.03. The van der Waals surface area contributed by atoms with E-state index in [0.29, 0.717) is 23.5 Å². The Bertz CT molecular complexity index is 1140. The molecule has 1 aliphatic rings. The number of pyridine rings is 1. The molecule has 0 saturated heterocycles. The van der Waals surface area contributed by atoms with Gasteiger partial charge in [0.25, 0.3) is 5.89 Å². The van der Waals surface area contributed by atoms with E-state index in [2.05, 4.69) is 26.1 Å². The van der Waals surface area contributed by atoms with Gasteiger partial charge in [-0.15, -0.1) is 12.4 Å². The topological polar surface area (TPSA) is 129 Å². The quantitative estimate of drug-likeness (QED) is 0.534. The van der Waals surface area contributed by atoms with Crippen LogP contribution < -0.4 is 4.74 Å². The molecule has 10 heteroatoms. The largest absolute Gasteiger partial charge is 0.474 e. The Morgan fingerprint density at radius 3 is 2.67 bits per heavy atom. The lowest BCUT2D eigenvalue weighted by molar-refractivity contribution is 0.0651. The van der Waals surface area contributed by atoms with Crippen molar-refractivity contribution in [1.29, 1.82) is 5.26 Å². The van der Waals surface area contributed by atoms with Gasteiger partial charge in [-0.3, -0.25) is 4.90 Å². The number of hydrogen-bond acceptors (Lipinski definition) is 9. The van der Waals surface area contributed by atoms with Gasteiger partial charge in [0.15, 0.2) is 0 Å². The van der Waals surface area contributed by atoms with Crippen LogP contribution in [-0.4, -0.2) is 62.1 Å². The van der Waals surface area contributed by atoms with Crippen LogP contribution in [0.25, 0.3) is 22.8 Å². The first-order chi connectivity index (χ1) is 15.5. The number of nitrogens with zero attached hydrogens (tertiary/aromatic N) is 5. The van der Waals surface area contributed by atoms with Crippen LogP contribution in [0.1, 0.15) is 30.5 Å². The third-order valence-corrected chi connectivity index (χ3v) is 5.44. The van der Waals surface area contributed by atoms with E-state index in [1.165, 1.54) is 5.56 Å². The van der Waals surface area contributed by atoms with Crippen LogP contribution in [0.3, 0.4) is 0 Å². The molecule has 2 N–H and O–H groups in total. The summed E-state index contributed by atoms with van der Waals surface area (Å²) < 4.78 is 11.0. The average molecular weight is 472 g/mol. The maximum absolute atomic E-state index is 9.44. The standard InChI is InChI=1S/C23H25N5O4.ClH/c1-14(2)31-22-18(9-24)8-19(10-25-22)23-26-21(27-32-23)16-3-4-17-11-28(20(12-29)13-30)6-5-15(17)7-16;/h3-4,7-8,10,14,20,29-30H,5-6,11-13H2,1-2H3;1H. The molecule has 4 rings (SSSR count). The van der Waals surface area contributed by atoms with Gasteiger partial charge in [-0.1, -0.05) is 17.3 Å². The number of aromatic nitrogens is 3. The van der Waals surface area contributed by atoms with Crippen molar-refractivity contribution in [2.75, 3.05) is 19.8 Å². The summed E-state index contributed by atoms with van der Waals surface area (Å²) in [4.78, 5) is 10.8. The molecular weight excluding hydrogens is 446 g/mol. The van der Waals surface area contributed by atoms with E-state index in [9.17, 15) is 15.5 Å². The number of ether oxygens (including phenoxy) is 1. The zero-order chi connectivity index (χ0) is 22.7. The van der Waals surface area contributed by atoms with Crippen LogP contribution in [0.5, 0.6) is 5.88 Å². The smallest absolute Gasteiger partial charge is 0.259 e. The summed E-state index contributed by atoms with van der Waals surface area (Å²) in [5.74, 6) is 1.01. The number of aliphatic hydroxyl groups excluding tert-OH is 2. The molecular formula is C23H26ClN5O4. The van der Waals surface area contributed by atoms with E-state index in [1.807, 2.05) is 32.0 Å². The summed E-state index contributed by atoms with van der Waals surface area (Å²) in [5.41, 5.74) is 4.02. The minimum absolute atomic E-state index is 0. The Morgan fingerprint density at radius 2 is 1.97 bits per heavy atom. The van der Waals surface area contributed by atoms with Crippen LogP contribution in [0.4, 0.5) is 0 Å². The van der Waals surface area contributed by atoms with E-state index in [4.69, 9.17) is 9.26 Å². The fourth-order valence-electron chi connectivity index (χ4n) is 3.74. The molecule has 0 atom stereocenters. The monoisotopic (exact) mass is 471 g/mol. The molecule has 0 spiro atoms. The number of hydrogen-bond donors (Lipinski definition) is 2. The predicted octanol–water partition coefficient (Wildman–Crippen LogP) is 2.59. The van der Waals surface area contributed by atoms with E-state index >= 15 is 0 Å². The van der Waals surface area contributed by atoms with Gasteiger partial charge in [0.05, 0.1) is 30.9 Å². The molecule has 2 aromatic heterocycles. The lowest BCUT2D eigenvalue weighted by Crippen LogP contribution is -2.43. The van der Waals surface area contributed by atoms with E-state index in [-0.39, 0.29) is 49.5 Å². The fourth-order valence-corrected chi connectivity index (χ4v) is 3.74. The fraction of sp³-hybridized carbons (Fsp3) is 0.391. The second-order valence-electron chi connectivity index (χ2n) is 8.00. The molecule has 1 aliphatic heterocycles. The van der Waals surface area contributed by atoms with Gasteiger partial charge in [-0.2, -0.15) is 10.2 Å². The van der Waals surface area contributed by atoms with E-state index in [1.54, 1.807) is 12.3 Å². The summed E-state index contributed by atoms with van der Waals surface area (Å²) in [5, 5.41) is 32.4. The van der Waals surface area contributed by atoms with Gasteiger partial charge < -0.3 is 19.5 Å². The second-order valence-corrected chi connectivity index (χ2v) is 8.00. The highest BCUT2D eigenvalue weighted by atomic mass is 35.5. The van der Waals surface area contributed by atoms with Crippen molar-refractivity contribution in [3.8, 4) is 34.8 Å².